The summed E-state index contributed by atoms with van der Waals surface area (Å²) in [5.41, 5.74) is 4.94. The Kier molecular flexibility index (Phi) is 5.36. The average molecular weight is 488 g/mol. The van der Waals surface area contributed by atoms with Crippen molar-refractivity contribution in [3.8, 4) is 27.6 Å². The second-order valence-electron chi connectivity index (χ2n) is 7.88. The van der Waals surface area contributed by atoms with Crippen molar-refractivity contribution >= 4 is 38.9 Å². The molecule has 2 aromatic carbocycles. The third-order valence-electron chi connectivity index (χ3n) is 4.58. The van der Waals surface area contributed by atoms with Crippen LogP contribution >= 0.6 is 38.9 Å². The Balaban J connectivity index is 1.92. The van der Waals surface area contributed by atoms with Gasteiger partial charge in [-0.15, -0.1) is 10.2 Å². The largest absolute Gasteiger partial charge is 0.232 e. The zero-order valence-corrected chi connectivity index (χ0v) is 19.7. The van der Waals surface area contributed by atoms with Gasteiger partial charge in [-0.05, 0) is 43.3 Å². The van der Waals surface area contributed by atoms with Crippen molar-refractivity contribution in [3.63, 3.8) is 0 Å². The van der Waals surface area contributed by atoms with Gasteiger partial charge in [-0.3, -0.25) is 0 Å². The Morgan fingerprint density at radius 1 is 0.966 bits per heavy atom. The Hall–Kier alpha value is -2.02. The molecule has 4 nitrogen and oxygen atoms in total. The van der Waals surface area contributed by atoms with Crippen LogP contribution in [0.25, 0.3) is 27.6 Å². The first-order valence-electron chi connectivity index (χ1n) is 9.20. The van der Waals surface area contributed by atoms with Crippen LogP contribution in [0.2, 0.25) is 5.02 Å². The summed E-state index contributed by atoms with van der Waals surface area (Å²) in [7, 11) is 0. The van der Waals surface area contributed by atoms with Crippen molar-refractivity contribution in [1.29, 1.82) is 0 Å². The molecule has 0 atom stereocenters. The fourth-order valence-corrected chi connectivity index (χ4v) is 4.37. The second kappa shape index (κ2) is 7.67. The quantitative estimate of drug-likeness (QED) is 0.310. The van der Waals surface area contributed by atoms with Gasteiger partial charge < -0.3 is 0 Å². The molecule has 7 heteroatoms. The SMILES string of the molecule is Cc1c(-c2nnc(C(C)(C)C)s2)nn(-c2ccc(Cl)cc2)c1-c1ccc(Br)cc1. The van der Waals surface area contributed by atoms with Crippen molar-refractivity contribution in [2.75, 3.05) is 0 Å². The summed E-state index contributed by atoms with van der Waals surface area (Å²) in [5, 5.41) is 16.3. The molecule has 0 aliphatic rings. The van der Waals surface area contributed by atoms with Gasteiger partial charge in [0.15, 0.2) is 5.01 Å². The van der Waals surface area contributed by atoms with Crippen molar-refractivity contribution < 1.29 is 0 Å². The molecule has 0 saturated carbocycles. The van der Waals surface area contributed by atoms with E-state index < -0.39 is 0 Å². The van der Waals surface area contributed by atoms with Crippen LogP contribution in [-0.4, -0.2) is 20.0 Å². The van der Waals surface area contributed by atoms with E-state index in [9.17, 15) is 0 Å². The minimum absolute atomic E-state index is 0.0445. The van der Waals surface area contributed by atoms with Crippen molar-refractivity contribution in [3.05, 3.63) is 68.6 Å². The molecule has 0 aliphatic heterocycles. The summed E-state index contributed by atoms with van der Waals surface area (Å²) in [5.74, 6) is 0. The predicted octanol–water partition coefficient (Wildman–Crippen LogP) is 7.08. The predicted molar refractivity (Wildman–Crippen MR) is 124 cm³/mol. The summed E-state index contributed by atoms with van der Waals surface area (Å²) in [6, 6.07) is 16.0. The molecule has 0 unspecified atom stereocenters. The zero-order chi connectivity index (χ0) is 20.8. The summed E-state index contributed by atoms with van der Waals surface area (Å²) in [6.45, 7) is 8.52. The standard InChI is InChI=1S/C22H20BrClN4S/c1-13-18(20-25-26-21(29-20)22(2,3)4)27-28(17-11-9-16(24)10-12-17)19(13)14-5-7-15(23)8-6-14/h5-12H,1-4H3. The van der Waals surface area contributed by atoms with Crippen LogP contribution in [0.4, 0.5) is 0 Å². The fraction of sp³-hybridized carbons (Fsp3) is 0.227. The lowest BCUT2D eigenvalue weighted by atomic mass is 9.98. The average Bonchev–Trinajstić information content (AvgIpc) is 3.28. The molecule has 2 aromatic heterocycles. The van der Waals surface area contributed by atoms with E-state index in [0.717, 1.165) is 42.7 Å². The molecule has 0 amide bonds. The third-order valence-corrected chi connectivity index (χ3v) is 6.72. The van der Waals surface area contributed by atoms with Crippen molar-refractivity contribution in [2.24, 2.45) is 0 Å². The van der Waals surface area contributed by atoms with E-state index in [4.69, 9.17) is 16.7 Å². The van der Waals surface area contributed by atoms with Gasteiger partial charge in [0.05, 0.1) is 11.4 Å². The normalized spacial score (nSPS) is 11.8. The minimum atomic E-state index is -0.0445. The third kappa shape index (κ3) is 4.02. The Morgan fingerprint density at radius 3 is 2.21 bits per heavy atom. The minimum Gasteiger partial charge on any atom is -0.232 e. The monoisotopic (exact) mass is 486 g/mol. The van der Waals surface area contributed by atoms with Crippen LogP contribution in [-0.2, 0) is 5.41 Å². The highest BCUT2D eigenvalue weighted by molar-refractivity contribution is 9.10. The molecule has 0 spiro atoms. The van der Waals surface area contributed by atoms with Crippen LogP contribution in [0, 0.1) is 6.92 Å². The Labute approximate surface area is 187 Å². The highest BCUT2D eigenvalue weighted by atomic mass is 79.9. The van der Waals surface area contributed by atoms with Crippen molar-refractivity contribution in [2.45, 2.75) is 33.1 Å². The number of rotatable bonds is 3. The topological polar surface area (TPSA) is 43.6 Å². The van der Waals surface area contributed by atoms with Gasteiger partial charge in [-0.1, -0.05) is 71.8 Å². The van der Waals surface area contributed by atoms with Crippen LogP contribution < -0.4 is 0 Å². The van der Waals surface area contributed by atoms with Gasteiger partial charge >= 0.3 is 0 Å². The van der Waals surface area contributed by atoms with Crippen LogP contribution in [0.15, 0.2) is 53.0 Å². The van der Waals surface area contributed by atoms with Crippen LogP contribution in [0.1, 0.15) is 31.3 Å². The summed E-state index contributed by atoms with van der Waals surface area (Å²) >= 11 is 11.2. The highest BCUT2D eigenvalue weighted by Crippen LogP contribution is 2.37. The summed E-state index contributed by atoms with van der Waals surface area (Å²) < 4.78 is 3.00. The van der Waals surface area contributed by atoms with Gasteiger partial charge in [-0.2, -0.15) is 5.10 Å². The number of hydrogen-bond acceptors (Lipinski definition) is 4. The van der Waals surface area contributed by atoms with E-state index in [1.807, 2.05) is 41.1 Å². The molecule has 0 radical (unpaired) electrons. The lowest BCUT2D eigenvalue weighted by molar-refractivity contribution is 0.578. The molecular weight excluding hydrogens is 468 g/mol. The maximum Gasteiger partial charge on any atom is 0.168 e. The molecule has 4 aromatic rings. The Bertz CT molecular complexity index is 1160. The highest BCUT2D eigenvalue weighted by Gasteiger charge is 2.24. The lowest BCUT2D eigenvalue weighted by Crippen LogP contribution is -2.10. The van der Waals surface area contributed by atoms with E-state index in [1.165, 1.54) is 0 Å². The molecule has 0 N–H and O–H groups in total. The summed E-state index contributed by atoms with van der Waals surface area (Å²) in [6.07, 6.45) is 0. The number of hydrogen-bond donors (Lipinski definition) is 0. The first-order valence-corrected chi connectivity index (χ1v) is 11.2. The summed E-state index contributed by atoms with van der Waals surface area (Å²) in [4.78, 5) is 0. The zero-order valence-electron chi connectivity index (χ0n) is 16.6. The number of nitrogens with zero attached hydrogens (tertiary/aromatic N) is 4. The van der Waals surface area contributed by atoms with Gasteiger partial charge in [0, 0.05) is 26.0 Å². The first kappa shape index (κ1) is 20.3. The molecule has 0 bridgehead atoms. The van der Waals surface area contributed by atoms with Crippen LogP contribution in [0.3, 0.4) is 0 Å². The van der Waals surface area contributed by atoms with Gasteiger partial charge in [0.25, 0.3) is 0 Å². The fourth-order valence-electron chi connectivity index (χ4n) is 3.04. The Morgan fingerprint density at radius 2 is 1.62 bits per heavy atom. The molecule has 29 heavy (non-hydrogen) atoms. The smallest absolute Gasteiger partial charge is 0.168 e. The van der Waals surface area contributed by atoms with E-state index in [0.29, 0.717) is 5.02 Å². The maximum atomic E-state index is 6.10. The van der Waals surface area contributed by atoms with E-state index >= 15 is 0 Å². The number of benzene rings is 2. The molecule has 0 fully saturated rings. The van der Waals surface area contributed by atoms with Gasteiger partial charge in [-0.25, -0.2) is 4.68 Å². The molecule has 0 saturated heterocycles. The molecule has 148 valence electrons. The number of aromatic nitrogens is 4. The molecule has 4 rings (SSSR count). The maximum absolute atomic E-state index is 6.10. The van der Waals surface area contributed by atoms with E-state index in [2.05, 4.69) is 66.0 Å². The van der Waals surface area contributed by atoms with Gasteiger partial charge in [0.2, 0.25) is 0 Å². The molecule has 0 aliphatic carbocycles. The molecular formula is C22H20BrClN4S. The van der Waals surface area contributed by atoms with Crippen molar-refractivity contribution in [1.82, 2.24) is 20.0 Å². The first-order chi connectivity index (χ1) is 13.7. The molecule has 2 heterocycles. The van der Waals surface area contributed by atoms with E-state index in [1.54, 1.807) is 11.3 Å². The van der Waals surface area contributed by atoms with E-state index in [-0.39, 0.29) is 5.41 Å². The number of halogens is 2. The lowest BCUT2D eigenvalue weighted by Gasteiger charge is -2.12. The van der Waals surface area contributed by atoms with Crippen LogP contribution in [0.5, 0.6) is 0 Å². The van der Waals surface area contributed by atoms with Gasteiger partial charge in [0.1, 0.15) is 10.7 Å². The second-order valence-corrected chi connectivity index (χ2v) is 10.2.